The minimum atomic E-state index is -0.675. The third kappa shape index (κ3) is 4.76. The summed E-state index contributed by atoms with van der Waals surface area (Å²) in [5.41, 5.74) is 3.80. The molecule has 0 saturated heterocycles. The van der Waals surface area contributed by atoms with Gasteiger partial charge in [0, 0.05) is 28.4 Å². The van der Waals surface area contributed by atoms with E-state index in [4.69, 9.17) is 21.0 Å². The molecule has 0 bridgehead atoms. The average molecular weight is 502 g/mol. The second-order valence-electron chi connectivity index (χ2n) is 8.20. The maximum atomic E-state index is 13.5. The van der Waals surface area contributed by atoms with Crippen molar-refractivity contribution in [2.45, 2.75) is 25.9 Å². The lowest BCUT2D eigenvalue weighted by atomic mass is 9.94. The van der Waals surface area contributed by atoms with Crippen LogP contribution in [0.15, 0.2) is 93.5 Å². The van der Waals surface area contributed by atoms with Crippen LogP contribution in [0, 0.1) is 0 Å². The first-order chi connectivity index (χ1) is 17.5. The lowest BCUT2D eigenvalue weighted by Gasteiger charge is -2.28. The molecule has 1 aliphatic rings. The van der Waals surface area contributed by atoms with Crippen LogP contribution in [-0.4, -0.2) is 22.0 Å². The van der Waals surface area contributed by atoms with Crippen LogP contribution < -0.4 is 16.0 Å². The van der Waals surface area contributed by atoms with Gasteiger partial charge in [-0.05, 0) is 30.7 Å². The van der Waals surface area contributed by atoms with E-state index >= 15 is 0 Å². The molecule has 5 rings (SSSR count). The molecule has 1 aromatic heterocycles. The zero-order valence-electron chi connectivity index (χ0n) is 19.5. The predicted molar refractivity (Wildman–Crippen MR) is 140 cm³/mol. The van der Waals surface area contributed by atoms with Crippen molar-refractivity contribution in [3.63, 3.8) is 0 Å². The van der Waals surface area contributed by atoms with Crippen molar-refractivity contribution >= 4 is 40.6 Å². The molecule has 0 aliphatic carbocycles. The number of nitrogens with one attached hydrogen (secondary N) is 3. The number of oxazole rings is 1. The van der Waals surface area contributed by atoms with Gasteiger partial charge in [-0.15, -0.1) is 0 Å². The molecule has 4 N–H and O–H groups in total. The zero-order chi connectivity index (χ0) is 25.1. The number of rotatable bonds is 6. The van der Waals surface area contributed by atoms with E-state index in [1.54, 1.807) is 30.3 Å². The number of hydrogen-bond acceptors (Lipinski definition) is 7. The molecule has 0 saturated carbocycles. The summed E-state index contributed by atoms with van der Waals surface area (Å²) in [4.78, 5) is 22.7. The molecule has 182 valence electrons. The number of aliphatic imine (C=N–C) groups is 1. The van der Waals surface area contributed by atoms with Crippen molar-refractivity contribution in [1.82, 2.24) is 15.6 Å². The first-order valence-electron chi connectivity index (χ1n) is 11.5. The number of anilines is 1. The van der Waals surface area contributed by atoms with Crippen molar-refractivity contribution in [2.75, 3.05) is 5.32 Å². The van der Waals surface area contributed by atoms with Gasteiger partial charge in [-0.1, -0.05) is 67.1 Å². The Bertz CT molecular complexity index is 1460. The number of phenolic OH excluding ortho intramolecular Hbond substituents is 1. The Balaban J connectivity index is 1.48. The molecule has 1 amide bonds. The summed E-state index contributed by atoms with van der Waals surface area (Å²) in [6, 6.07) is 21.2. The fourth-order valence-electron chi connectivity index (χ4n) is 4.08. The second-order valence-corrected chi connectivity index (χ2v) is 8.60. The van der Waals surface area contributed by atoms with Crippen LogP contribution in [0.1, 0.15) is 30.5 Å². The largest absolute Gasteiger partial charge is 0.508 e. The van der Waals surface area contributed by atoms with Gasteiger partial charge < -0.3 is 20.2 Å². The van der Waals surface area contributed by atoms with Crippen molar-refractivity contribution in [3.8, 4) is 5.75 Å². The molecule has 0 radical (unpaired) electrons. The molecule has 1 unspecified atom stereocenters. The highest BCUT2D eigenvalue weighted by Crippen LogP contribution is 2.36. The van der Waals surface area contributed by atoms with Gasteiger partial charge in [0.15, 0.2) is 5.58 Å². The van der Waals surface area contributed by atoms with Gasteiger partial charge in [0.05, 0.1) is 5.57 Å². The van der Waals surface area contributed by atoms with Gasteiger partial charge in [0.2, 0.25) is 5.96 Å². The molecular weight excluding hydrogens is 478 g/mol. The van der Waals surface area contributed by atoms with Gasteiger partial charge >= 0.3 is 6.01 Å². The van der Waals surface area contributed by atoms with Crippen LogP contribution in [0.5, 0.6) is 5.75 Å². The van der Waals surface area contributed by atoms with E-state index in [1.165, 1.54) is 0 Å². The maximum absolute atomic E-state index is 13.5. The van der Waals surface area contributed by atoms with Gasteiger partial charge in [0.25, 0.3) is 5.91 Å². The molecule has 8 nitrogen and oxygen atoms in total. The van der Waals surface area contributed by atoms with Crippen molar-refractivity contribution in [2.24, 2.45) is 4.99 Å². The number of halogens is 1. The Labute approximate surface area is 212 Å². The van der Waals surface area contributed by atoms with Crippen molar-refractivity contribution < 1.29 is 14.3 Å². The monoisotopic (exact) mass is 501 g/mol. The molecule has 9 heteroatoms. The number of allylic oxidation sites excluding steroid dienone is 1. The number of benzene rings is 3. The Morgan fingerprint density at radius 2 is 1.83 bits per heavy atom. The van der Waals surface area contributed by atoms with E-state index in [-0.39, 0.29) is 24.2 Å². The fourth-order valence-corrected chi connectivity index (χ4v) is 4.32. The quantitative estimate of drug-likeness (QED) is 0.286. The minimum Gasteiger partial charge on any atom is -0.508 e. The molecule has 0 fully saturated rings. The van der Waals surface area contributed by atoms with E-state index in [2.05, 4.69) is 20.9 Å². The van der Waals surface area contributed by atoms with Crippen LogP contribution >= 0.6 is 11.6 Å². The summed E-state index contributed by atoms with van der Waals surface area (Å²) in [7, 11) is 0. The fraction of sp³-hybridized carbons (Fsp3) is 0.148. The molecule has 36 heavy (non-hydrogen) atoms. The molecule has 3 aromatic carbocycles. The van der Waals surface area contributed by atoms with Gasteiger partial charge in [0.1, 0.15) is 17.3 Å². The number of carbonyl (C=O) groups excluding carboxylic acids is 1. The molecule has 4 aromatic rings. The van der Waals surface area contributed by atoms with Crippen LogP contribution in [0.3, 0.4) is 0 Å². The Kier molecular flexibility index (Phi) is 6.60. The van der Waals surface area contributed by atoms with Crippen LogP contribution in [0.4, 0.5) is 6.01 Å². The lowest BCUT2D eigenvalue weighted by Crippen LogP contribution is -2.39. The SMILES string of the molecule is CCC1=C(C(=O)NCc2ccccc2O)C(c2ccccc2Cl)N=C(Nc2nc3ccccc3o2)N1. The summed E-state index contributed by atoms with van der Waals surface area (Å²) >= 11 is 6.55. The minimum absolute atomic E-state index is 0.120. The van der Waals surface area contributed by atoms with Crippen LogP contribution in [0.2, 0.25) is 5.02 Å². The maximum Gasteiger partial charge on any atom is 0.302 e. The lowest BCUT2D eigenvalue weighted by molar-refractivity contribution is -0.118. The van der Waals surface area contributed by atoms with Crippen molar-refractivity contribution in [1.29, 1.82) is 0 Å². The highest BCUT2D eigenvalue weighted by molar-refractivity contribution is 6.31. The topological polar surface area (TPSA) is 112 Å². The molecular formula is C27H24ClN5O3. The van der Waals surface area contributed by atoms with Gasteiger partial charge in [-0.3, -0.25) is 10.1 Å². The first kappa shape index (κ1) is 23.4. The molecule has 1 atom stereocenters. The number of nitrogens with zero attached hydrogens (tertiary/aromatic N) is 2. The number of carbonyl (C=O) groups is 1. The Morgan fingerprint density at radius 1 is 1.08 bits per heavy atom. The third-order valence-electron chi connectivity index (χ3n) is 5.87. The summed E-state index contributed by atoms with van der Waals surface area (Å²) in [6.07, 6.45) is 0.536. The summed E-state index contributed by atoms with van der Waals surface area (Å²) in [5.74, 6) is 0.201. The number of amides is 1. The number of para-hydroxylation sites is 3. The third-order valence-corrected chi connectivity index (χ3v) is 6.22. The Morgan fingerprint density at radius 3 is 2.61 bits per heavy atom. The molecule has 0 spiro atoms. The van der Waals surface area contributed by atoms with E-state index in [1.807, 2.05) is 49.4 Å². The molecule has 1 aliphatic heterocycles. The van der Waals surface area contributed by atoms with E-state index in [9.17, 15) is 9.90 Å². The van der Waals surface area contributed by atoms with E-state index in [0.717, 1.165) is 5.52 Å². The Hall–Kier alpha value is -4.30. The summed E-state index contributed by atoms with van der Waals surface area (Å²) < 4.78 is 5.79. The standard InChI is InChI=1S/C27H24ClN5O3/c1-2-19-23(25(35)29-15-16-9-3-7-13-21(16)34)24(17-10-4-5-11-18(17)28)32-26(30-19)33-27-31-20-12-6-8-14-22(20)36-27/h3-14,24,34H,2,15H2,1H3,(H,29,35)(H2,30,31,32,33). The van der Waals surface area contributed by atoms with Crippen LogP contribution in [-0.2, 0) is 11.3 Å². The van der Waals surface area contributed by atoms with E-state index in [0.29, 0.717) is 45.4 Å². The van der Waals surface area contributed by atoms with Crippen LogP contribution in [0.25, 0.3) is 11.1 Å². The van der Waals surface area contributed by atoms with Crippen molar-refractivity contribution in [3.05, 3.63) is 100 Å². The highest BCUT2D eigenvalue weighted by atomic mass is 35.5. The van der Waals surface area contributed by atoms with E-state index < -0.39 is 6.04 Å². The highest BCUT2D eigenvalue weighted by Gasteiger charge is 2.32. The normalized spacial score (nSPS) is 15.4. The average Bonchev–Trinajstić information content (AvgIpc) is 3.30. The smallest absolute Gasteiger partial charge is 0.302 e. The summed E-state index contributed by atoms with van der Waals surface area (Å²) in [6.45, 7) is 2.11. The summed E-state index contributed by atoms with van der Waals surface area (Å²) in [5, 5.41) is 19.8. The number of fused-ring (bicyclic) bond motifs is 1. The number of aromatic nitrogens is 1. The number of guanidine groups is 1. The zero-order valence-corrected chi connectivity index (χ0v) is 20.2. The number of hydrogen-bond donors (Lipinski definition) is 4. The van der Waals surface area contributed by atoms with Gasteiger partial charge in [-0.2, -0.15) is 4.98 Å². The van der Waals surface area contributed by atoms with Gasteiger partial charge in [-0.25, -0.2) is 4.99 Å². The number of aromatic hydroxyl groups is 1. The first-order valence-corrected chi connectivity index (χ1v) is 11.9. The molecule has 2 heterocycles. The number of phenols is 1. The second kappa shape index (κ2) is 10.1. The predicted octanol–water partition coefficient (Wildman–Crippen LogP) is 5.28.